The van der Waals surface area contributed by atoms with Crippen molar-refractivity contribution < 1.29 is 9.47 Å². The second-order valence-corrected chi connectivity index (χ2v) is 5.01. The molecular formula is C10H14N2O2S. The number of nitrogens with one attached hydrogen (secondary N) is 1. The van der Waals surface area contributed by atoms with E-state index >= 15 is 0 Å². The highest BCUT2D eigenvalue weighted by molar-refractivity contribution is 7.15. The molecule has 0 bridgehead atoms. The Kier molecular flexibility index (Phi) is 2.19. The number of anilines is 1. The lowest BCUT2D eigenvalue weighted by Gasteiger charge is -2.30. The molecule has 1 fully saturated rings. The summed E-state index contributed by atoms with van der Waals surface area (Å²) in [6.07, 6.45) is 2.77. The number of nitrogens with zero attached hydrogens (tertiary/aromatic N) is 1. The number of aryl methyl sites for hydroxylation is 1. The van der Waals surface area contributed by atoms with Crippen molar-refractivity contribution in [3.63, 3.8) is 0 Å². The number of aromatic nitrogens is 1. The van der Waals surface area contributed by atoms with Crippen molar-refractivity contribution in [1.29, 1.82) is 0 Å². The third-order valence-corrected chi connectivity index (χ3v) is 4.09. The number of thiazole rings is 1. The number of hydrogen-bond donors (Lipinski definition) is 1. The zero-order valence-electron chi connectivity index (χ0n) is 8.71. The van der Waals surface area contributed by atoms with E-state index in [-0.39, 0.29) is 5.79 Å². The molecule has 2 heterocycles. The first-order valence-electron chi connectivity index (χ1n) is 5.26. The van der Waals surface area contributed by atoms with Crippen molar-refractivity contribution in [2.24, 2.45) is 0 Å². The first-order valence-corrected chi connectivity index (χ1v) is 6.07. The van der Waals surface area contributed by atoms with Gasteiger partial charge in [0.2, 0.25) is 0 Å². The van der Waals surface area contributed by atoms with Crippen molar-refractivity contribution in [3.8, 4) is 0 Å². The van der Waals surface area contributed by atoms with Gasteiger partial charge >= 0.3 is 0 Å². The number of ether oxygens (including phenoxy) is 2. The number of fused-ring (bicyclic) bond motifs is 1. The number of hydrogen-bond acceptors (Lipinski definition) is 5. The van der Waals surface area contributed by atoms with Crippen LogP contribution in [0.4, 0.5) is 5.13 Å². The van der Waals surface area contributed by atoms with Crippen LogP contribution in [0, 0.1) is 0 Å². The lowest BCUT2D eigenvalue weighted by Crippen LogP contribution is -2.36. The van der Waals surface area contributed by atoms with Gasteiger partial charge in [-0.25, -0.2) is 4.98 Å². The van der Waals surface area contributed by atoms with Gasteiger partial charge in [0.05, 0.1) is 18.9 Å². The van der Waals surface area contributed by atoms with Gasteiger partial charge in [-0.2, -0.15) is 0 Å². The highest BCUT2D eigenvalue weighted by Crippen LogP contribution is 2.38. The van der Waals surface area contributed by atoms with Crippen LogP contribution in [0.15, 0.2) is 0 Å². The van der Waals surface area contributed by atoms with E-state index in [2.05, 4.69) is 10.3 Å². The summed E-state index contributed by atoms with van der Waals surface area (Å²) in [6.45, 7) is 1.46. The van der Waals surface area contributed by atoms with Gasteiger partial charge in [0.15, 0.2) is 10.9 Å². The predicted octanol–water partition coefficient (Wildman–Crippen LogP) is 1.42. The molecule has 0 atom stereocenters. The van der Waals surface area contributed by atoms with Crippen molar-refractivity contribution in [2.75, 3.05) is 25.6 Å². The SMILES string of the molecule is CNc1nc2c(s1)CC1(CC2)OCCO1. The van der Waals surface area contributed by atoms with Gasteiger partial charge in [-0.15, -0.1) is 11.3 Å². The van der Waals surface area contributed by atoms with Crippen molar-refractivity contribution in [1.82, 2.24) is 4.98 Å². The van der Waals surface area contributed by atoms with Crippen LogP contribution in [-0.4, -0.2) is 31.0 Å². The fraction of sp³-hybridized carbons (Fsp3) is 0.700. The van der Waals surface area contributed by atoms with Crippen LogP contribution in [0.1, 0.15) is 17.0 Å². The maximum absolute atomic E-state index is 5.72. The first-order chi connectivity index (χ1) is 7.31. The Hall–Kier alpha value is -0.650. The van der Waals surface area contributed by atoms with Crippen LogP contribution in [-0.2, 0) is 22.3 Å². The van der Waals surface area contributed by atoms with Crippen LogP contribution in [0.25, 0.3) is 0 Å². The normalized spacial score (nSPS) is 23.0. The summed E-state index contributed by atoms with van der Waals surface area (Å²) < 4.78 is 11.4. The van der Waals surface area contributed by atoms with E-state index in [1.54, 1.807) is 11.3 Å². The quantitative estimate of drug-likeness (QED) is 0.786. The summed E-state index contributed by atoms with van der Waals surface area (Å²) in [5.41, 5.74) is 1.22. The average molecular weight is 226 g/mol. The smallest absolute Gasteiger partial charge is 0.182 e. The Labute approximate surface area is 92.6 Å². The zero-order valence-corrected chi connectivity index (χ0v) is 9.52. The predicted molar refractivity (Wildman–Crippen MR) is 58.3 cm³/mol. The highest BCUT2D eigenvalue weighted by atomic mass is 32.1. The standard InChI is InChI=1S/C10H14N2O2S/c1-11-9-12-7-2-3-10(6-8(7)15-9)13-4-5-14-10/h2-6H2,1H3,(H,11,12). The molecule has 0 saturated carbocycles. The van der Waals surface area contributed by atoms with E-state index in [0.29, 0.717) is 0 Å². The van der Waals surface area contributed by atoms with E-state index in [4.69, 9.17) is 9.47 Å². The van der Waals surface area contributed by atoms with Gasteiger partial charge in [-0.05, 0) is 6.42 Å². The third kappa shape index (κ3) is 1.55. The third-order valence-electron chi connectivity index (χ3n) is 2.98. The van der Waals surface area contributed by atoms with E-state index in [9.17, 15) is 0 Å². The van der Waals surface area contributed by atoms with Crippen LogP contribution in [0.2, 0.25) is 0 Å². The molecule has 3 rings (SSSR count). The Bertz CT molecular complexity index is 371. The van der Waals surface area contributed by atoms with Gasteiger partial charge in [-0.3, -0.25) is 0 Å². The molecule has 1 aromatic rings. The Morgan fingerprint density at radius 3 is 2.93 bits per heavy atom. The molecule has 0 radical (unpaired) electrons. The molecule has 82 valence electrons. The van der Waals surface area contributed by atoms with Crippen LogP contribution in [0.3, 0.4) is 0 Å². The molecule has 1 spiro atoms. The molecule has 1 aromatic heterocycles. The Morgan fingerprint density at radius 2 is 2.20 bits per heavy atom. The van der Waals surface area contributed by atoms with E-state index in [0.717, 1.165) is 37.6 Å². The topological polar surface area (TPSA) is 43.4 Å². The van der Waals surface area contributed by atoms with E-state index in [1.807, 2.05) is 7.05 Å². The van der Waals surface area contributed by atoms with E-state index < -0.39 is 0 Å². The summed E-state index contributed by atoms with van der Waals surface area (Å²) in [4.78, 5) is 5.83. The lowest BCUT2D eigenvalue weighted by atomic mass is 9.96. The van der Waals surface area contributed by atoms with Gasteiger partial charge in [0.1, 0.15) is 0 Å². The van der Waals surface area contributed by atoms with E-state index in [1.165, 1.54) is 10.6 Å². The van der Waals surface area contributed by atoms with Crippen molar-refractivity contribution in [3.05, 3.63) is 10.6 Å². The Morgan fingerprint density at radius 1 is 1.40 bits per heavy atom. The van der Waals surface area contributed by atoms with Gasteiger partial charge < -0.3 is 14.8 Å². The molecule has 2 aliphatic rings. The molecule has 1 saturated heterocycles. The minimum absolute atomic E-state index is 0.329. The second-order valence-electron chi connectivity index (χ2n) is 3.92. The maximum atomic E-state index is 5.72. The Balaban J connectivity index is 1.88. The summed E-state index contributed by atoms with van der Waals surface area (Å²) in [5.74, 6) is -0.329. The summed E-state index contributed by atoms with van der Waals surface area (Å²) >= 11 is 1.71. The van der Waals surface area contributed by atoms with Gasteiger partial charge in [0.25, 0.3) is 0 Å². The highest BCUT2D eigenvalue weighted by Gasteiger charge is 2.41. The van der Waals surface area contributed by atoms with Gasteiger partial charge in [0, 0.05) is 24.8 Å². The molecular weight excluding hydrogens is 212 g/mol. The molecule has 1 N–H and O–H groups in total. The largest absolute Gasteiger partial charge is 0.365 e. The minimum Gasteiger partial charge on any atom is -0.365 e. The second kappa shape index (κ2) is 3.43. The first kappa shape index (κ1) is 9.57. The summed E-state index contributed by atoms with van der Waals surface area (Å²) in [5, 5.41) is 4.08. The molecule has 5 heteroatoms. The van der Waals surface area contributed by atoms with Crippen LogP contribution >= 0.6 is 11.3 Å². The zero-order chi connectivity index (χ0) is 10.3. The molecule has 0 aromatic carbocycles. The molecule has 15 heavy (non-hydrogen) atoms. The van der Waals surface area contributed by atoms with Crippen LogP contribution < -0.4 is 5.32 Å². The number of rotatable bonds is 1. The molecule has 1 aliphatic carbocycles. The fourth-order valence-corrected chi connectivity index (χ4v) is 3.26. The average Bonchev–Trinajstić information content (AvgIpc) is 2.85. The molecule has 0 unspecified atom stereocenters. The van der Waals surface area contributed by atoms with Gasteiger partial charge in [-0.1, -0.05) is 0 Å². The fourth-order valence-electron chi connectivity index (χ4n) is 2.21. The molecule has 1 aliphatic heterocycles. The lowest BCUT2D eigenvalue weighted by molar-refractivity contribution is -0.163. The van der Waals surface area contributed by atoms with Crippen molar-refractivity contribution >= 4 is 16.5 Å². The molecule has 4 nitrogen and oxygen atoms in total. The summed E-state index contributed by atoms with van der Waals surface area (Å²) in [7, 11) is 1.91. The van der Waals surface area contributed by atoms with Crippen LogP contribution in [0.5, 0.6) is 0 Å². The summed E-state index contributed by atoms with van der Waals surface area (Å²) in [6, 6.07) is 0. The monoisotopic (exact) mass is 226 g/mol. The molecule has 0 amide bonds. The van der Waals surface area contributed by atoms with Crippen molar-refractivity contribution in [2.45, 2.75) is 25.0 Å². The minimum atomic E-state index is -0.329. The maximum Gasteiger partial charge on any atom is 0.182 e.